The standard InChI is InChI=1S/C9H10N4O3S/c1-10-9(17)12-11-5-6-4-7(13(15)16)2-3-8(6)14/h2-5,14H,1H3,(H2,10,12,17)/p+1. The Morgan fingerprint density at radius 3 is 2.94 bits per heavy atom. The molecule has 0 radical (unpaired) electrons. The normalized spacial score (nSPS) is 10.2. The Morgan fingerprint density at radius 2 is 2.35 bits per heavy atom. The summed E-state index contributed by atoms with van der Waals surface area (Å²) in [5.74, 6) is -0.0692. The van der Waals surface area contributed by atoms with E-state index in [0.29, 0.717) is 5.11 Å². The largest absolute Gasteiger partial charge is 0.507 e. The number of nitrogens with zero attached hydrogens (tertiary/aromatic N) is 1. The number of nitrogens with one attached hydrogen (secondary N) is 3. The van der Waals surface area contributed by atoms with Crippen LogP contribution in [0.15, 0.2) is 18.2 Å². The van der Waals surface area contributed by atoms with Gasteiger partial charge in [-0.1, -0.05) is 0 Å². The quantitative estimate of drug-likeness (QED) is 0.234. The van der Waals surface area contributed by atoms with E-state index in [-0.39, 0.29) is 17.0 Å². The van der Waals surface area contributed by atoms with Crippen molar-refractivity contribution in [2.75, 3.05) is 7.05 Å². The molecule has 0 saturated carbocycles. The predicted molar refractivity (Wildman–Crippen MR) is 65.7 cm³/mol. The molecule has 1 aromatic carbocycles. The summed E-state index contributed by atoms with van der Waals surface area (Å²) >= 11 is 4.80. The van der Waals surface area contributed by atoms with Gasteiger partial charge in [0, 0.05) is 19.2 Å². The average molecular weight is 255 g/mol. The minimum atomic E-state index is -0.539. The van der Waals surface area contributed by atoms with E-state index in [9.17, 15) is 15.2 Å². The zero-order valence-corrected chi connectivity index (χ0v) is 9.75. The van der Waals surface area contributed by atoms with Gasteiger partial charge in [0.15, 0.2) is 0 Å². The van der Waals surface area contributed by atoms with Gasteiger partial charge in [-0.3, -0.25) is 10.1 Å². The molecule has 90 valence electrons. The molecule has 1 aromatic rings. The van der Waals surface area contributed by atoms with Crippen LogP contribution >= 0.6 is 12.2 Å². The van der Waals surface area contributed by atoms with Gasteiger partial charge < -0.3 is 10.4 Å². The highest BCUT2D eigenvalue weighted by molar-refractivity contribution is 7.80. The lowest BCUT2D eigenvalue weighted by Gasteiger charge is -1.97. The first kappa shape index (κ1) is 12.8. The number of hydrogen-bond donors (Lipinski definition) is 4. The van der Waals surface area contributed by atoms with E-state index in [1.807, 2.05) is 0 Å². The summed E-state index contributed by atoms with van der Waals surface area (Å²) < 4.78 is 0. The fraction of sp³-hybridized carbons (Fsp3) is 0.111. The van der Waals surface area contributed by atoms with Gasteiger partial charge in [0.05, 0.1) is 10.5 Å². The Balaban J connectivity index is 2.86. The lowest BCUT2D eigenvalue weighted by atomic mass is 10.2. The number of thiocarbonyl (C=S) groups is 1. The molecule has 0 unspecified atom stereocenters. The maximum absolute atomic E-state index is 10.5. The van der Waals surface area contributed by atoms with E-state index in [4.69, 9.17) is 12.2 Å². The molecule has 1 rings (SSSR count). The number of non-ortho nitro benzene ring substituents is 1. The molecule has 0 aliphatic heterocycles. The van der Waals surface area contributed by atoms with Crippen molar-refractivity contribution >= 4 is 29.2 Å². The maximum Gasteiger partial charge on any atom is 0.270 e. The summed E-state index contributed by atoms with van der Waals surface area (Å²) in [4.78, 5) is 10.00. The molecule has 0 aliphatic carbocycles. The van der Waals surface area contributed by atoms with E-state index >= 15 is 0 Å². The van der Waals surface area contributed by atoms with Crippen LogP contribution in [0.2, 0.25) is 0 Å². The number of hydrazine groups is 1. The number of aromatic hydroxyl groups is 1. The Hall–Kier alpha value is -2.22. The third kappa shape index (κ3) is 3.68. The number of phenols is 1. The molecule has 7 nitrogen and oxygen atoms in total. The second-order valence-electron chi connectivity index (χ2n) is 2.99. The molecule has 0 bridgehead atoms. The molecule has 0 aliphatic rings. The second-order valence-corrected chi connectivity index (χ2v) is 3.40. The summed E-state index contributed by atoms with van der Waals surface area (Å²) in [6.07, 6.45) is 1.37. The van der Waals surface area contributed by atoms with Crippen LogP contribution in [0, 0.1) is 10.1 Å². The minimum absolute atomic E-state index is 0.0692. The molecule has 0 heterocycles. The van der Waals surface area contributed by atoms with E-state index < -0.39 is 4.92 Å². The first-order chi connectivity index (χ1) is 8.04. The monoisotopic (exact) mass is 255 g/mol. The number of hydrogen-bond acceptors (Lipinski definition) is 4. The minimum Gasteiger partial charge on any atom is -0.507 e. The molecular weight excluding hydrogens is 244 g/mol. The van der Waals surface area contributed by atoms with Crippen LogP contribution in [0.3, 0.4) is 0 Å². The van der Waals surface area contributed by atoms with Crippen LogP contribution in [-0.4, -0.2) is 28.4 Å². The van der Waals surface area contributed by atoms with Gasteiger partial charge in [-0.2, -0.15) is 0 Å². The maximum atomic E-state index is 10.5. The van der Waals surface area contributed by atoms with Gasteiger partial charge in [-0.15, -0.1) is 10.5 Å². The molecule has 0 fully saturated rings. The molecule has 0 saturated heterocycles. The Morgan fingerprint density at radius 1 is 1.65 bits per heavy atom. The lowest BCUT2D eigenvalue weighted by Crippen LogP contribution is -2.82. The molecule has 4 N–H and O–H groups in total. The zero-order chi connectivity index (χ0) is 12.8. The molecule has 0 atom stereocenters. The third-order valence-corrected chi connectivity index (χ3v) is 2.17. The fourth-order valence-corrected chi connectivity index (χ4v) is 1.07. The van der Waals surface area contributed by atoms with Gasteiger partial charge >= 0.3 is 0 Å². The van der Waals surface area contributed by atoms with Crippen molar-refractivity contribution in [2.24, 2.45) is 0 Å². The van der Waals surface area contributed by atoms with E-state index in [1.54, 1.807) is 7.05 Å². The van der Waals surface area contributed by atoms with Gasteiger partial charge in [0.1, 0.15) is 5.75 Å². The van der Waals surface area contributed by atoms with Crippen LogP contribution < -0.4 is 15.8 Å². The topological polar surface area (TPSA) is 101 Å². The second kappa shape index (κ2) is 5.75. The predicted octanol–water partition coefficient (Wildman–Crippen LogP) is -1.19. The number of nitro groups is 1. The fourth-order valence-electron chi connectivity index (χ4n) is 1.01. The first-order valence-corrected chi connectivity index (χ1v) is 4.99. The molecule has 0 spiro atoms. The molecular formula is C9H11N4O3S+. The molecule has 0 aromatic heterocycles. The molecule has 17 heavy (non-hydrogen) atoms. The van der Waals surface area contributed by atoms with Gasteiger partial charge in [0.25, 0.3) is 5.69 Å². The van der Waals surface area contributed by atoms with Crippen molar-refractivity contribution in [3.8, 4) is 5.75 Å². The van der Waals surface area contributed by atoms with Crippen LogP contribution in [0.5, 0.6) is 5.75 Å². The highest BCUT2D eigenvalue weighted by Crippen LogP contribution is 2.20. The number of rotatable bonds is 3. The Kier molecular flexibility index (Phi) is 4.35. The van der Waals surface area contributed by atoms with E-state index in [1.165, 1.54) is 24.4 Å². The van der Waals surface area contributed by atoms with E-state index in [0.717, 1.165) is 0 Å². The van der Waals surface area contributed by atoms with Crippen molar-refractivity contribution in [1.29, 1.82) is 0 Å². The Bertz CT molecular complexity index is 475. The van der Waals surface area contributed by atoms with Crippen molar-refractivity contribution < 1.29 is 15.1 Å². The highest BCUT2D eigenvalue weighted by atomic mass is 32.1. The number of phenolic OH excluding ortho intramolecular Hbond substituents is 1. The van der Waals surface area contributed by atoms with Gasteiger partial charge in [-0.05, 0) is 18.3 Å². The molecule has 0 amide bonds. The summed E-state index contributed by atoms with van der Waals surface area (Å²) in [7, 11) is 1.64. The Labute approximate surface area is 102 Å². The SMILES string of the molecule is CNC(=S)N[NH+]=Cc1cc([N+](=O)[O-])ccc1O. The van der Waals surface area contributed by atoms with Crippen molar-refractivity contribution in [2.45, 2.75) is 0 Å². The first-order valence-electron chi connectivity index (χ1n) is 4.58. The van der Waals surface area contributed by atoms with E-state index in [2.05, 4.69) is 15.8 Å². The lowest BCUT2D eigenvalue weighted by molar-refractivity contribution is -0.500. The number of hydrazone groups is 1. The van der Waals surface area contributed by atoms with Crippen molar-refractivity contribution in [1.82, 2.24) is 10.7 Å². The average Bonchev–Trinajstić information content (AvgIpc) is 2.30. The highest BCUT2D eigenvalue weighted by Gasteiger charge is 2.10. The number of benzene rings is 1. The number of nitro benzene ring substituents is 1. The summed E-state index contributed by atoms with van der Waals surface area (Å²) in [6.45, 7) is 0. The van der Waals surface area contributed by atoms with Gasteiger partial charge in [-0.25, -0.2) is 0 Å². The third-order valence-electron chi connectivity index (χ3n) is 1.86. The van der Waals surface area contributed by atoms with Crippen LogP contribution in [0.4, 0.5) is 5.69 Å². The van der Waals surface area contributed by atoms with Crippen LogP contribution in [0.25, 0.3) is 0 Å². The van der Waals surface area contributed by atoms with Crippen molar-refractivity contribution in [3.63, 3.8) is 0 Å². The summed E-state index contributed by atoms with van der Waals surface area (Å²) in [6, 6.07) is 3.72. The zero-order valence-electron chi connectivity index (χ0n) is 8.93. The molecule has 8 heteroatoms. The summed E-state index contributed by atoms with van der Waals surface area (Å²) in [5.41, 5.74) is 2.77. The summed E-state index contributed by atoms with van der Waals surface area (Å²) in [5, 5.41) is 25.6. The van der Waals surface area contributed by atoms with Crippen molar-refractivity contribution in [3.05, 3.63) is 33.9 Å². The van der Waals surface area contributed by atoms with Crippen LogP contribution in [-0.2, 0) is 0 Å². The smallest absolute Gasteiger partial charge is 0.270 e. The van der Waals surface area contributed by atoms with Gasteiger partial charge in [0.2, 0.25) is 11.3 Å². The van der Waals surface area contributed by atoms with Crippen LogP contribution in [0.1, 0.15) is 5.56 Å².